The molecule has 1 heterocycles. The van der Waals surface area contributed by atoms with E-state index < -0.39 is 0 Å². The zero-order valence-corrected chi connectivity index (χ0v) is 14.4. The van der Waals surface area contributed by atoms with Gasteiger partial charge in [-0.05, 0) is 24.3 Å². The van der Waals surface area contributed by atoms with E-state index >= 15 is 0 Å². The Bertz CT molecular complexity index is 883. The lowest BCUT2D eigenvalue weighted by molar-refractivity contribution is 0.102. The molecule has 2 N–H and O–H groups in total. The van der Waals surface area contributed by atoms with Crippen LogP contribution in [-0.4, -0.2) is 30.1 Å². The summed E-state index contributed by atoms with van der Waals surface area (Å²) in [6.07, 6.45) is 2.92. The van der Waals surface area contributed by atoms with E-state index in [1.54, 1.807) is 25.3 Å². The Balaban J connectivity index is 1.70. The third-order valence-electron chi connectivity index (χ3n) is 3.60. The maximum atomic E-state index is 12.4. The van der Waals surface area contributed by atoms with Crippen LogP contribution in [0.3, 0.4) is 0 Å². The molecule has 3 aromatic rings. The third kappa shape index (κ3) is 4.07. The van der Waals surface area contributed by atoms with Crippen LogP contribution in [0.25, 0.3) is 0 Å². The summed E-state index contributed by atoms with van der Waals surface area (Å²) in [7, 11) is 3.09. The molecule has 0 saturated carbocycles. The predicted molar refractivity (Wildman–Crippen MR) is 99.3 cm³/mol. The number of carbonyl (C=O) groups is 1. The van der Waals surface area contributed by atoms with Gasteiger partial charge in [-0.2, -0.15) is 0 Å². The fraction of sp³-hybridized carbons (Fsp3) is 0.105. The molecule has 0 unspecified atom stereocenters. The average Bonchev–Trinajstić information content (AvgIpc) is 2.69. The van der Waals surface area contributed by atoms with E-state index in [-0.39, 0.29) is 5.91 Å². The van der Waals surface area contributed by atoms with Gasteiger partial charge >= 0.3 is 0 Å². The van der Waals surface area contributed by atoms with Crippen molar-refractivity contribution in [1.82, 2.24) is 9.97 Å². The highest BCUT2D eigenvalue weighted by atomic mass is 16.5. The third-order valence-corrected chi connectivity index (χ3v) is 3.60. The van der Waals surface area contributed by atoms with Crippen LogP contribution in [0.1, 0.15) is 10.4 Å². The highest BCUT2D eigenvalue weighted by Gasteiger charge is 2.12. The number of aromatic nitrogens is 2. The number of para-hydroxylation sites is 1. The first kappa shape index (κ1) is 17.2. The molecule has 2 aromatic carbocycles. The standard InChI is InChI=1S/C19H18N4O3/c1-25-15-8-9-16(17(10-15)26-2)23-18(24)13-11-20-19(21-12-13)22-14-6-4-3-5-7-14/h3-12H,1-2H3,(H,23,24)(H,20,21,22). The zero-order chi connectivity index (χ0) is 18.4. The smallest absolute Gasteiger partial charge is 0.258 e. The summed E-state index contributed by atoms with van der Waals surface area (Å²) in [6.45, 7) is 0. The first-order chi connectivity index (χ1) is 12.7. The summed E-state index contributed by atoms with van der Waals surface area (Å²) in [5.74, 6) is 1.22. The largest absolute Gasteiger partial charge is 0.497 e. The number of hydrogen-bond donors (Lipinski definition) is 2. The summed E-state index contributed by atoms with van der Waals surface area (Å²) >= 11 is 0. The van der Waals surface area contributed by atoms with Crippen molar-refractivity contribution in [2.24, 2.45) is 0 Å². The molecule has 0 saturated heterocycles. The summed E-state index contributed by atoms with van der Waals surface area (Å²) < 4.78 is 10.4. The summed E-state index contributed by atoms with van der Waals surface area (Å²) in [4.78, 5) is 20.8. The summed E-state index contributed by atoms with van der Waals surface area (Å²) in [5.41, 5.74) is 1.74. The van der Waals surface area contributed by atoms with Gasteiger partial charge in [0.05, 0.1) is 25.5 Å². The minimum atomic E-state index is -0.334. The van der Waals surface area contributed by atoms with Crippen molar-refractivity contribution in [2.45, 2.75) is 0 Å². The second-order valence-electron chi connectivity index (χ2n) is 5.31. The van der Waals surface area contributed by atoms with Crippen molar-refractivity contribution in [3.8, 4) is 11.5 Å². The molecule has 3 rings (SSSR count). The van der Waals surface area contributed by atoms with Crippen molar-refractivity contribution in [2.75, 3.05) is 24.9 Å². The number of methoxy groups -OCH3 is 2. The topological polar surface area (TPSA) is 85.4 Å². The number of hydrogen-bond acceptors (Lipinski definition) is 6. The van der Waals surface area contributed by atoms with E-state index in [4.69, 9.17) is 9.47 Å². The van der Waals surface area contributed by atoms with Crippen LogP contribution in [0.5, 0.6) is 11.5 Å². The molecule has 132 valence electrons. The molecule has 0 aliphatic carbocycles. The van der Waals surface area contributed by atoms with Gasteiger partial charge in [0, 0.05) is 24.1 Å². The highest BCUT2D eigenvalue weighted by Crippen LogP contribution is 2.29. The molecular formula is C19H18N4O3. The maximum Gasteiger partial charge on any atom is 0.258 e. The van der Waals surface area contributed by atoms with E-state index in [2.05, 4.69) is 20.6 Å². The zero-order valence-electron chi connectivity index (χ0n) is 14.4. The lowest BCUT2D eigenvalue weighted by atomic mass is 10.2. The molecule has 0 fully saturated rings. The molecule has 7 nitrogen and oxygen atoms in total. The van der Waals surface area contributed by atoms with Gasteiger partial charge in [0.2, 0.25) is 5.95 Å². The molecule has 1 aromatic heterocycles. The van der Waals surface area contributed by atoms with Crippen molar-refractivity contribution in [3.63, 3.8) is 0 Å². The van der Waals surface area contributed by atoms with Crippen LogP contribution in [0.15, 0.2) is 60.9 Å². The molecule has 0 spiro atoms. The van der Waals surface area contributed by atoms with Gasteiger partial charge in [-0.1, -0.05) is 18.2 Å². The molecule has 7 heteroatoms. The minimum absolute atomic E-state index is 0.334. The van der Waals surface area contributed by atoms with E-state index in [0.717, 1.165) is 5.69 Å². The Labute approximate surface area is 151 Å². The second-order valence-corrected chi connectivity index (χ2v) is 5.31. The SMILES string of the molecule is COc1ccc(NC(=O)c2cnc(Nc3ccccc3)nc2)c(OC)c1. The van der Waals surface area contributed by atoms with Gasteiger partial charge in [-0.25, -0.2) is 9.97 Å². The van der Waals surface area contributed by atoms with Crippen molar-refractivity contribution < 1.29 is 14.3 Å². The van der Waals surface area contributed by atoms with Gasteiger partial charge in [0.25, 0.3) is 5.91 Å². The maximum absolute atomic E-state index is 12.4. The number of carbonyl (C=O) groups excluding carboxylic acids is 1. The quantitative estimate of drug-likeness (QED) is 0.708. The van der Waals surface area contributed by atoms with Crippen LogP contribution >= 0.6 is 0 Å². The predicted octanol–water partition coefficient (Wildman–Crippen LogP) is 3.49. The Hall–Kier alpha value is -3.61. The van der Waals surface area contributed by atoms with Gasteiger partial charge in [-0.15, -0.1) is 0 Å². The second kappa shape index (κ2) is 7.98. The number of nitrogens with one attached hydrogen (secondary N) is 2. The number of rotatable bonds is 6. The lowest BCUT2D eigenvalue weighted by Crippen LogP contribution is -2.13. The van der Waals surface area contributed by atoms with Crippen LogP contribution < -0.4 is 20.1 Å². The van der Waals surface area contributed by atoms with Gasteiger partial charge in [0.15, 0.2) is 0 Å². The Morgan fingerprint density at radius 3 is 2.35 bits per heavy atom. The molecular weight excluding hydrogens is 332 g/mol. The van der Waals surface area contributed by atoms with Gasteiger partial charge in [0.1, 0.15) is 11.5 Å². The Morgan fingerprint density at radius 2 is 1.69 bits per heavy atom. The van der Waals surface area contributed by atoms with Crippen LogP contribution in [0.4, 0.5) is 17.3 Å². The van der Waals surface area contributed by atoms with Crippen LogP contribution in [-0.2, 0) is 0 Å². The summed E-state index contributed by atoms with van der Waals surface area (Å²) in [6, 6.07) is 14.7. The fourth-order valence-electron chi connectivity index (χ4n) is 2.26. The van der Waals surface area contributed by atoms with Crippen molar-refractivity contribution in [3.05, 3.63) is 66.5 Å². The van der Waals surface area contributed by atoms with Crippen LogP contribution in [0, 0.1) is 0 Å². The normalized spacial score (nSPS) is 10.1. The highest BCUT2D eigenvalue weighted by molar-refractivity contribution is 6.04. The van der Waals surface area contributed by atoms with Crippen molar-refractivity contribution in [1.29, 1.82) is 0 Å². The first-order valence-corrected chi connectivity index (χ1v) is 7.87. The number of amides is 1. The van der Waals surface area contributed by atoms with Gasteiger partial charge in [-0.3, -0.25) is 4.79 Å². The number of ether oxygens (including phenoxy) is 2. The molecule has 0 bridgehead atoms. The van der Waals surface area contributed by atoms with E-state index in [1.807, 2.05) is 30.3 Å². The van der Waals surface area contributed by atoms with E-state index in [9.17, 15) is 4.79 Å². The molecule has 0 aliphatic heterocycles. The Morgan fingerprint density at radius 1 is 0.962 bits per heavy atom. The first-order valence-electron chi connectivity index (χ1n) is 7.87. The van der Waals surface area contributed by atoms with Crippen molar-refractivity contribution >= 4 is 23.2 Å². The summed E-state index contributed by atoms with van der Waals surface area (Å²) in [5, 5.41) is 5.84. The minimum Gasteiger partial charge on any atom is -0.497 e. The number of anilines is 3. The lowest BCUT2D eigenvalue weighted by Gasteiger charge is -2.11. The van der Waals surface area contributed by atoms with E-state index in [1.165, 1.54) is 19.5 Å². The number of benzene rings is 2. The van der Waals surface area contributed by atoms with Gasteiger partial charge < -0.3 is 20.1 Å². The number of nitrogens with zero attached hydrogens (tertiary/aromatic N) is 2. The van der Waals surface area contributed by atoms with E-state index in [0.29, 0.717) is 28.7 Å². The van der Waals surface area contributed by atoms with Crippen LogP contribution in [0.2, 0.25) is 0 Å². The molecule has 0 aliphatic rings. The monoisotopic (exact) mass is 350 g/mol. The molecule has 0 radical (unpaired) electrons. The molecule has 0 atom stereocenters. The molecule has 1 amide bonds. The fourth-order valence-corrected chi connectivity index (χ4v) is 2.26. The molecule has 26 heavy (non-hydrogen) atoms. The Kier molecular flexibility index (Phi) is 5.28. The average molecular weight is 350 g/mol.